The zero-order valence-electron chi connectivity index (χ0n) is 19.6. The number of halogens is 5. The third-order valence-electron chi connectivity index (χ3n) is 6.35. The Kier molecular flexibility index (Phi) is 6.31. The molecular formula is C24H20Cl2F3N5O3. The highest BCUT2D eigenvalue weighted by Gasteiger charge is 2.63. The van der Waals surface area contributed by atoms with E-state index in [1.54, 1.807) is 24.8 Å². The molecule has 0 spiro atoms. The van der Waals surface area contributed by atoms with Crippen LogP contribution >= 0.6 is 23.2 Å². The number of aryl methyl sites for hydroxylation is 2. The number of hydrogen-bond acceptors (Lipinski definition) is 7. The van der Waals surface area contributed by atoms with Crippen LogP contribution in [-0.2, 0) is 30.1 Å². The number of rotatable bonds is 4. The number of oxime groups is 1. The van der Waals surface area contributed by atoms with E-state index in [-0.39, 0.29) is 46.3 Å². The van der Waals surface area contributed by atoms with Gasteiger partial charge in [-0.3, -0.25) is 4.79 Å². The predicted octanol–water partition coefficient (Wildman–Crippen LogP) is 5.43. The molecule has 5 rings (SSSR count). The van der Waals surface area contributed by atoms with E-state index in [2.05, 4.69) is 20.7 Å². The minimum absolute atomic E-state index is 0.0623. The summed E-state index contributed by atoms with van der Waals surface area (Å²) in [5, 5.41) is 14.3. The van der Waals surface area contributed by atoms with Gasteiger partial charge in [0.05, 0.1) is 13.0 Å². The van der Waals surface area contributed by atoms with Gasteiger partial charge in [0.15, 0.2) is 0 Å². The normalized spacial score (nSPS) is 19.0. The van der Waals surface area contributed by atoms with Crippen molar-refractivity contribution in [2.45, 2.75) is 51.7 Å². The van der Waals surface area contributed by atoms with Gasteiger partial charge in [-0.25, -0.2) is 0 Å². The van der Waals surface area contributed by atoms with Crippen LogP contribution in [-0.4, -0.2) is 33.0 Å². The maximum absolute atomic E-state index is 14.3. The maximum atomic E-state index is 14.3. The lowest BCUT2D eigenvalue weighted by Gasteiger charge is -2.30. The van der Waals surface area contributed by atoms with Crippen molar-refractivity contribution in [3.8, 4) is 0 Å². The summed E-state index contributed by atoms with van der Waals surface area (Å²) in [6, 6.07) is 7.31. The zero-order chi connectivity index (χ0) is 26.5. The molecule has 1 unspecified atom stereocenters. The van der Waals surface area contributed by atoms with Crippen molar-refractivity contribution in [3.63, 3.8) is 0 Å². The van der Waals surface area contributed by atoms with Crippen LogP contribution in [0.1, 0.15) is 50.8 Å². The first-order chi connectivity index (χ1) is 17.4. The molecule has 0 saturated heterocycles. The second-order valence-electron chi connectivity index (χ2n) is 8.95. The quantitative estimate of drug-likeness (QED) is 0.463. The number of carbonyl (C=O) groups excluding carboxylic acids is 1. The van der Waals surface area contributed by atoms with Gasteiger partial charge in [0.2, 0.25) is 11.8 Å². The minimum Gasteiger partial charge on any atom is -0.424 e. The number of aromatic nitrogens is 2. The highest BCUT2D eigenvalue weighted by atomic mass is 35.5. The smallest absolute Gasteiger partial charge is 0.424 e. The lowest BCUT2D eigenvalue weighted by atomic mass is 9.89. The van der Waals surface area contributed by atoms with Gasteiger partial charge in [-0.15, -0.1) is 10.2 Å². The van der Waals surface area contributed by atoms with E-state index in [0.29, 0.717) is 18.0 Å². The van der Waals surface area contributed by atoms with E-state index >= 15 is 0 Å². The van der Waals surface area contributed by atoms with Crippen molar-refractivity contribution in [3.05, 3.63) is 80.0 Å². The summed E-state index contributed by atoms with van der Waals surface area (Å²) in [6.45, 7) is 4.11. The molecule has 1 atom stereocenters. The van der Waals surface area contributed by atoms with Crippen LogP contribution < -0.4 is 5.32 Å². The summed E-state index contributed by atoms with van der Waals surface area (Å²) in [5.41, 5.74) is -0.0665. The first-order valence-corrected chi connectivity index (χ1v) is 11.9. The topological polar surface area (TPSA) is 92.9 Å². The Balaban J connectivity index is 1.34. The third kappa shape index (κ3) is 4.73. The summed E-state index contributed by atoms with van der Waals surface area (Å²) in [5.74, 6) is 0.485. The van der Waals surface area contributed by atoms with Crippen molar-refractivity contribution in [1.29, 1.82) is 0 Å². The van der Waals surface area contributed by atoms with E-state index in [1.165, 1.54) is 18.2 Å². The number of nitrogens with zero attached hydrogens (tertiary/aromatic N) is 4. The van der Waals surface area contributed by atoms with Crippen molar-refractivity contribution in [2.75, 3.05) is 0 Å². The van der Waals surface area contributed by atoms with E-state index in [1.807, 2.05) is 6.07 Å². The monoisotopic (exact) mass is 553 g/mol. The first-order valence-electron chi connectivity index (χ1n) is 11.2. The molecule has 13 heteroatoms. The van der Waals surface area contributed by atoms with E-state index in [0.717, 1.165) is 16.7 Å². The lowest BCUT2D eigenvalue weighted by Crippen LogP contribution is -2.43. The summed E-state index contributed by atoms with van der Waals surface area (Å²) in [6.07, 6.45) is -5.32. The van der Waals surface area contributed by atoms with Crippen LogP contribution in [0.2, 0.25) is 10.0 Å². The summed E-state index contributed by atoms with van der Waals surface area (Å²) < 4.78 is 48.2. The first kappa shape index (κ1) is 25.3. The van der Waals surface area contributed by atoms with Crippen LogP contribution in [0.5, 0.6) is 0 Å². The van der Waals surface area contributed by atoms with Crippen molar-refractivity contribution in [2.24, 2.45) is 5.16 Å². The molecule has 0 bridgehead atoms. The number of amidine groups is 1. The number of carbonyl (C=O) groups is 1. The van der Waals surface area contributed by atoms with Crippen molar-refractivity contribution < 1.29 is 27.2 Å². The second-order valence-corrected chi connectivity index (χ2v) is 9.82. The average Bonchev–Trinajstić information content (AvgIpc) is 3.54. The van der Waals surface area contributed by atoms with Crippen LogP contribution in [0.3, 0.4) is 0 Å². The van der Waals surface area contributed by atoms with E-state index in [9.17, 15) is 18.0 Å². The Hall–Kier alpha value is -3.31. The average molecular weight is 554 g/mol. The molecule has 1 N–H and O–H groups in total. The Bertz CT molecular complexity index is 1400. The van der Waals surface area contributed by atoms with Crippen LogP contribution in [0.25, 0.3) is 0 Å². The SMILES string of the molecule is Cc1nnc(CNC(=O)c2cc3c(cc2C)CN(C2=NOC(c4cc(Cl)cc(Cl)c4)(C(F)(F)F)C2)C3)o1. The van der Waals surface area contributed by atoms with Gasteiger partial charge in [0.25, 0.3) is 11.5 Å². The Morgan fingerprint density at radius 1 is 1.08 bits per heavy atom. The molecule has 194 valence electrons. The molecule has 2 aromatic carbocycles. The van der Waals surface area contributed by atoms with Gasteiger partial charge >= 0.3 is 6.18 Å². The summed E-state index contributed by atoms with van der Waals surface area (Å²) in [7, 11) is 0. The molecule has 0 radical (unpaired) electrons. The van der Waals surface area contributed by atoms with Gasteiger partial charge in [-0.1, -0.05) is 34.4 Å². The summed E-state index contributed by atoms with van der Waals surface area (Å²) >= 11 is 12.0. The van der Waals surface area contributed by atoms with Crippen LogP contribution in [0.15, 0.2) is 39.9 Å². The molecular weight excluding hydrogens is 534 g/mol. The van der Waals surface area contributed by atoms with E-state index < -0.39 is 18.2 Å². The van der Waals surface area contributed by atoms with Crippen LogP contribution in [0, 0.1) is 13.8 Å². The molecule has 0 saturated carbocycles. The highest BCUT2D eigenvalue weighted by molar-refractivity contribution is 6.34. The summed E-state index contributed by atoms with van der Waals surface area (Å²) in [4.78, 5) is 19.6. The third-order valence-corrected chi connectivity index (χ3v) is 6.78. The number of nitrogens with one attached hydrogen (secondary N) is 1. The maximum Gasteiger partial charge on any atom is 0.435 e. The number of fused-ring (bicyclic) bond motifs is 1. The number of alkyl halides is 3. The van der Waals surface area contributed by atoms with Crippen molar-refractivity contribution >= 4 is 34.9 Å². The standard InChI is InChI=1S/C24H20Cl2F3N5O3/c1-12-3-14-10-34(11-15(14)4-19(12)22(35)30-9-21-32-31-13(2)36-21)20-8-23(37-33-20,24(27,28)29)16-5-17(25)7-18(26)6-16/h3-7H,8-11H2,1-2H3,(H,30,35). The molecule has 1 amide bonds. The molecule has 0 aliphatic carbocycles. The molecule has 2 aliphatic heterocycles. The molecule has 3 aromatic rings. The van der Waals surface area contributed by atoms with Gasteiger partial charge < -0.3 is 19.5 Å². The fourth-order valence-electron chi connectivity index (χ4n) is 4.51. The molecule has 0 fully saturated rings. The lowest BCUT2D eigenvalue weighted by molar-refractivity contribution is -0.275. The van der Waals surface area contributed by atoms with E-state index in [4.69, 9.17) is 32.5 Å². The van der Waals surface area contributed by atoms with Gasteiger partial charge in [0, 0.05) is 41.2 Å². The van der Waals surface area contributed by atoms with Gasteiger partial charge in [-0.05, 0) is 47.9 Å². The highest BCUT2D eigenvalue weighted by Crippen LogP contribution is 2.50. The van der Waals surface area contributed by atoms with Crippen molar-refractivity contribution in [1.82, 2.24) is 20.4 Å². The predicted molar refractivity (Wildman–Crippen MR) is 128 cm³/mol. The van der Waals surface area contributed by atoms with Crippen LogP contribution in [0.4, 0.5) is 13.2 Å². The number of hydrogen-bond donors (Lipinski definition) is 1. The van der Waals surface area contributed by atoms with Gasteiger partial charge in [0.1, 0.15) is 5.84 Å². The molecule has 8 nitrogen and oxygen atoms in total. The molecule has 2 aliphatic rings. The molecule has 1 aromatic heterocycles. The second kappa shape index (κ2) is 9.21. The minimum atomic E-state index is -4.78. The molecule has 3 heterocycles. The fraction of sp³-hybridized carbons (Fsp3) is 0.333. The largest absolute Gasteiger partial charge is 0.435 e. The Morgan fingerprint density at radius 3 is 2.38 bits per heavy atom. The zero-order valence-corrected chi connectivity index (χ0v) is 21.1. The number of amides is 1. The van der Waals surface area contributed by atoms with Gasteiger partial charge in [-0.2, -0.15) is 13.2 Å². The number of benzene rings is 2. The molecule has 37 heavy (non-hydrogen) atoms. The Morgan fingerprint density at radius 2 is 1.76 bits per heavy atom. The fourth-order valence-corrected chi connectivity index (χ4v) is 5.03. The Labute approximate surface area is 219 Å².